The molecule has 0 bridgehead atoms. The highest BCUT2D eigenvalue weighted by molar-refractivity contribution is 6.52. The van der Waals surface area contributed by atoms with Gasteiger partial charge in [-0.25, -0.2) is 0 Å². The number of halogens is 2. The number of nitrogens with zero attached hydrogens (tertiary/aromatic N) is 1. The quantitative estimate of drug-likeness (QED) is 0.826. The molecule has 5 heteroatoms. The Morgan fingerprint density at radius 1 is 1.44 bits per heavy atom. The molecular weight excluding hydrogens is 247 g/mol. The third kappa shape index (κ3) is 2.29. The highest BCUT2D eigenvalue weighted by Gasteiger charge is 2.56. The van der Waals surface area contributed by atoms with Crippen LogP contribution >= 0.6 is 23.2 Å². The van der Waals surface area contributed by atoms with Crippen LogP contribution in [0.25, 0.3) is 0 Å². The van der Waals surface area contributed by atoms with Gasteiger partial charge in [-0.05, 0) is 30.7 Å². The summed E-state index contributed by atoms with van der Waals surface area (Å²) < 4.78 is -0.906. The molecule has 1 saturated carbocycles. The van der Waals surface area contributed by atoms with Crippen LogP contribution in [0.2, 0.25) is 0 Å². The summed E-state index contributed by atoms with van der Waals surface area (Å²) >= 11 is 11.6. The van der Waals surface area contributed by atoms with Gasteiger partial charge >= 0.3 is 0 Å². The van der Waals surface area contributed by atoms with E-state index in [9.17, 15) is 4.79 Å². The van der Waals surface area contributed by atoms with Gasteiger partial charge in [0.15, 0.2) is 0 Å². The first-order valence-corrected chi connectivity index (χ1v) is 5.47. The minimum Gasteiger partial charge on any atom is -0.326 e. The maximum Gasteiger partial charge on any atom is 0.230 e. The highest BCUT2D eigenvalue weighted by atomic mass is 35.5. The van der Waals surface area contributed by atoms with Crippen molar-refractivity contribution in [2.45, 2.75) is 10.8 Å². The van der Waals surface area contributed by atoms with E-state index in [2.05, 4.69) is 5.32 Å². The summed E-state index contributed by atoms with van der Waals surface area (Å²) in [4.78, 5) is 11.6. The first kappa shape index (κ1) is 11.3. The van der Waals surface area contributed by atoms with Crippen molar-refractivity contribution in [1.82, 2.24) is 0 Å². The average Bonchev–Trinajstić information content (AvgIpc) is 2.89. The molecule has 1 aromatic rings. The summed E-state index contributed by atoms with van der Waals surface area (Å²) in [6.07, 6.45) is 0.484. The average molecular weight is 255 g/mol. The zero-order valence-corrected chi connectivity index (χ0v) is 9.72. The molecule has 0 spiro atoms. The van der Waals surface area contributed by atoms with E-state index in [0.717, 1.165) is 0 Å². The number of nitrogens with one attached hydrogen (secondary N) is 1. The Labute approximate surface area is 103 Å². The summed E-state index contributed by atoms with van der Waals surface area (Å²) in [6.45, 7) is 0. The SMILES string of the molecule is N#Cc1ccc(NC(=O)[C@@H]2CC2(Cl)Cl)cc1. The summed E-state index contributed by atoms with van der Waals surface area (Å²) in [7, 11) is 0. The number of amides is 1. The maximum absolute atomic E-state index is 11.6. The number of anilines is 1. The largest absolute Gasteiger partial charge is 0.326 e. The summed E-state index contributed by atoms with van der Waals surface area (Å²) in [5.74, 6) is -0.527. The van der Waals surface area contributed by atoms with E-state index in [-0.39, 0.29) is 11.8 Å². The van der Waals surface area contributed by atoms with Crippen molar-refractivity contribution in [2.75, 3.05) is 5.32 Å². The molecular formula is C11H8Cl2N2O. The molecule has 1 N–H and O–H groups in total. The van der Waals surface area contributed by atoms with Crippen molar-refractivity contribution < 1.29 is 4.79 Å². The molecule has 0 aliphatic heterocycles. The lowest BCUT2D eigenvalue weighted by Crippen LogP contribution is -2.16. The third-order valence-corrected chi connectivity index (χ3v) is 3.26. The predicted octanol–water partition coefficient (Wildman–Crippen LogP) is 2.69. The molecule has 16 heavy (non-hydrogen) atoms. The fraction of sp³-hybridized carbons (Fsp3) is 0.273. The first-order chi connectivity index (χ1) is 7.53. The second-order valence-corrected chi connectivity index (χ2v) is 5.24. The van der Waals surface area contributed by atoms with Crippen molar-refractivity contribution in [2.24, 2.45) is 5.92 Å². The summed E-state index contributed by atoms with van der Waals surface area (Å²) in [5, 5.41) is 11.3. The lowest BCUT2D eigenvalue weighted by Gasteiger charge is -2.04. The molecule has 1 atom stereocenters. The van der Waals surface area contributed by atoms with E-state index >= 15 is 0 Å². The third-order valence-electron chi connectivity index (χ3n) is 2.42. The fourth-order valence-corrected chi connectivity index (χ4v) is 1.86. The number of carbonyl (C=O) groups is 1. The minimum atomic E-state index is -0.906. The Bertz CT molecular complexity index is 462. The molecule has 0 radical (unpaired) electrons. The zero-order chi connectivity index (χ0) is 11.8. The van der Waals surface area contributed by atoms with Crippen LogP contribution in [0.4, 0.5) is 5.69 Å². The van der Waals surface area contributed by atoms with Crippen LogP contribution in [0, 0.1) is 17.2 Å². The molecule has 0 aromatic heterocycles. The van der Waals surface area contributed by atoms with Crippen LogP contribution in [-0.2, 0) is 4.79 Å². The minimum absolute atomic E-state index is 0.185. The summed E-state index contributed by atoms with van der Waals surface area (Å²) in [6, 6.07) is 8.61. The number of benzene rings is 1. The topological polar surface area (TPSA) is 52.9 Å². The molecule has 1 aliphatic carbocycles. The Kier molecular flexibility index (Phi) is 2.79. The number of hydrogen-bond acceptors (Lipinski definition) is 2. The molecule has 1 aliphatic rings. The van der Waals surface area contributed by atoms with E-state index in [1.54, 1.807) is 24.3 Å². The van der Waals surface area contributed by atoms with Crippen LogP contribution in [0.1, 0.15) is 12.0 Å². The normalized spacial score (nSPS) is 20.9. The van der Waals surface area contributed by atoms with Gasteiger partial charge in [0.25, 0.3) is 0 Å². The summed E-state index contributed by atoms with van der Waals surface area (Å²) in [5.41, 5.74) is 1.19. The van der Waals surface area contributed by atoms with Gasteiger partial charge in [-0.3, -0.25) is 4.79 Å². The second kappa shape index (κ2) is 3.97. The van der Waals surface area contributed by atoms with Gasteiger partial charge in [0.2, 0.25) is 5.91 Å². The van der Waals surface area contributed by atoms with E-state index in [0.29, 0.717) is 17.7 Å². The van der Waals surface area contributed by atoms with Crippen LogP contribution in [-0.4, -0.2) is 10.2 Å². The Morgan fingerprint density at radius 3 is 2.44 bits per heavy atom. The Morgan fingerprint density at radius 2 is 2.00 bits per heavy atom. The van der Waals surface area contributed by atoms with Crippen LogP contribution < -0.4 is 5.32 Å². The van der Waals surface area contributed by atoms with Gasteiger partial charge in [-0.1, -0.05) is 0 Å². The smallest absolute Gasteiger partial charge is 0.230 e. The molecule has 2 rings (SSSR count). The Balaban J connectivity index is 2.00. The number of rotatable bonds is 2. The molecule has 1 aromatic carbocycles. The van der Waals surface area contributed by atoms with Crippen LogP contribution in [0.15, 0.2) is 24.3 Å². The molecule has 1 fully saturated rings. The Hall–Kier alpha value is -1.24. The van der Waals surface area contributed by atoms with Crippen molar-refractivity contribution in [1.29, 1.82) is 5.26 Å². The highest BCUT2D eigenvalue weighted by Crippen LogP contribution is 2.53. The molecule has 3 nitrogen and oxygen atoms in total. The van der Waals surface area contributed by atoms with E-state index in [1.807, 2.05) is 6.07 Å². The first-order valence-electron chi connectivity index (χ1n) is 4.72. The van der Waals surface area contributed by atoms with Crippen molar-refractivity contribution in [3.05, 3.63) is 29.8 Å². The van der Waals surface area contributed by atoms with E-state index < -0.39 is 4.33 Å². The van der Waals surface area contributed by atoms with Crippen molar-refractivity contribution in [3.8, 4) is 6.07 Å². The maximum atomic E-state index is 11.6. The van der Waals surface area contributed by atoms with Gasteiger partial charge in [0, 0.05) is 5.69 Å². The van der Waals surface area contributed by atoms with Gasteiger partial charge in [-0.15, -0.1) is 23.2 Å². The van der Waals surface area contributed by atoms with E-state index in [1.165, 1.54) is 0 Å². The lowest BCUT2D eigenvalue weighted by molar-refractivity contribution is -0.117. The van der Waals surface area contributed by atoms with Crippen molar-refractivity contribution >= 4 is 34.8 Å². The lowest BCUT2D eigenvalue weighted by atomic mass is 10.2. The molecule has 0 saturated heterocycles. The number of nitriles is 1. The van der Waals surface area contributed by atoms with Crippen molar-refractivity contribution in [3.63, 3.8) is 0 Å². The van der Waals surface area contributed by atoms with Crippen LogP contribution in [0.5, 0.6) is 0 Å². The van der Waals surface area contributed by atoms with Gasteiger partial charge < -0.3 is 5.32 Å². The molecule has 82 valence electrons. The molecule has 0 unspecified atom stereocenters. The van der Waals surface area contributed by atoms with E-state index in [4.69, 9.17) is 28.5 Å². The fourth-order valence-electron chi connectivity index (χ4n) is 1.36. The van der Waals surface area contributed by atoms with Gasteiger partial charge in [0.05, 0.1) is 17.6 Å². The number of carbonyl (C=O) groups excluding carboxylic acids is 1. The molecule has 1 amide bonds. The van der Waals surface area contributed by atoms with Gasteiger partial charge in [-0.2, -0.15) is 5.26 Å². The van der Waals surface area contributed by atoms with Gasteiger partial charge in [0.1, 0.15) is 4.33 Å². The number of hydrogen-bond donors (Lipinski definition) is 1. The van der Waals surface area contributed by atoms with Crippen LogP contribution in [0.3, 0.4) is 0 Å². The zero-order valence-electron chi connectivity index (χ0n) is 8.21. The monoisotopic (exact) mass is 254 g/mol. The predicted molar refractivity (Wildman–Crippen MR) is 62.3 cm³/mol. The molecule has 0 heterocycles. The standard InChI is InChI=1S/C11H8Cl2N2O/c12-11(13)5-9(11)10(16)15-8-3-1-7(6-14)2-4-8/h1-4,9H,5H2,(H,15,16)/t9-/m0/s1. The number of alkyl halides is 2. The second-order valence-electron chi connectivity index (χ2n) is 3.70.